The van der Waals surface area contributed by atoms with Crippen LogP contribution < -0.4 is 4.89 Å². The van der Waals surface area contributed by atoms with Crippen molar-refractivity contribution in [3.05, 3.63) is 0 Å². The quantitative estimate of drug-likeness (QED) is 0.502. The fraction of sp³-hybridized carbons (Fsp3) is 0.800. The number of carbonyl (C=O) groups is 1. The average molecular weight is 218 g/mol. The zero-order chi connectivity index (χ0) is 11.0. The van der Waals surface area contributed by atoms with Crippen molar-refractivity contribution < 1.29 is 14.4 Å². The predicted molar refractivity (Wildman–Crippen MR) is 58.6 cm³/mol. The maximum absolute atomic E-state index is 11.3. The molecule has 0 saturated heterocycles. The van der Waals surface area contributed by atoms with Gasteiger partial charge in [-0.2, -0.15) is 0 Å². The molecule has 3 nitrogen and oxygen atoms in total. The topological polar surface area (TPSA) is 49.4 Å². The Morgan fingerprint density at radius 3 is 2.71 bits per heavy atom. The van der Waals surface area contributed by atoms with E-state index >= 15 is 0 Å². The van der Waals surface area contributed by atoms with Crippen molar-refractivity contribution in [1.82, 2.24) is 0 Å². The largest absolute Gasteiger partial charge is 0.631 e. The van der Waals surface area contributed by atoms with E-state index in [4.69, 9.17) is 4.74 Å². The highest BCUT2D eigenvalue weighted by atomic mass is 31.1. The minimum Gasteiger partial charge on any atom is -0.631 e. The van der Waals surface area contributed by atoms with Crippen LogP contribution in [-0.4, -0.2) is 24.5 Å². The lowest BCUT2D eigenvalue weighted by Crippen LogP contribution is -2.06. The SMILES string of the molecule is CCOC(=O)CC=[P+]([O-])CCC(C)C. The molecule has 82 valence electrons. The lowest BCUT2D eigenvalue weighted by molar-refractivity contribution is -0.153. The van der Waals surface area contributed by atoms with E-state index in [-0.39, 0.29) is 12.4 Å². The molecule has 1 atom stereocenters. The van der Waals surface area contributed by atoms with E-state index in [1.54, 1.807) is 12.7 Å². The Labute approximate surface area is 86.9 Å². The van der Waals surface area contributed by atoms with Gasteiger partial charge in [-0.25, -0.2) is 0 Å². The summed E-state index contributed by atoms with van der Waals surface area (Å²) in [4.78, 5) is 22.2. The Balaban J connectivity index is 3.70. The standard InChI is InChI=1S/C10H19O3P/c1-4-13-10(11)6-8-14(12)7-5-9(2)3/h8-9H,4-7H2,1-3H3. The van der Waals surface area contributed by atoms with Crippen molar-refractivity contribution in [1.29, 1.82) is 0 Å². The minimum atomic E-state index is -1.33. The van der Waals surface area contributed by atoms with E-state index in [2.05, 4.69) is 13.8 Å². The van der Waals surface area contributed by atoms with Crippen molar-refractivity contribution >= 4 is 19.5 Å². The second-order valence-corrected chi connectivity index (χ2v) is 5.16. The molecular weight excluding hydrogens is 199 g/mol. The lowest BCUT2D eigenvalue weighted by Gasteiger charge is -2.02. The molecule has 14 heavy (non-hydrogen) atoms. The van der Waals surface area contributed by atoms with Crippen LogP contribution >= 0.6 is 7.77 Å². The molecule has 0 radical (unpaired) electrons. The van der Waals surface area contributed by atoms with Crippen LogP contribution in [0, 0.1) is 5.92 Å². The van der Waals surface area contributed by atoms with Gasteiger partial charge in [0.2, 0.25) is 0 Å². The summed E-state index contributed by atoms with van der Waals surface area (Å²) in [7, 11) is -1.33. The number of rotatable bonds is 6. The van der Waals surface area contributed by atoms with Gasteiger partial charge in [-0.1, -0.05) is 13.8 Å². The second-order valence-electron chi connectivity index (χ2n) is 3.51. The Bertz CT molecular complexity index is 200. The number of ether oxygens (including phenoxy) is 1. The summed E-state index contributed by atoms with van der Waals surface area (Å²) in [6.07, 6.45) is 1.78. The molecule has 0 aliphatic carbocycles. The zero-order valence-corrected chi connectivity index (χ0v) is 10.0. The summed E-state index contributed by atoms with van der Waals surface area (Å²) in [6.45, 7) is 6.33. The molecule has 0 fully saturated rings. The van der Waals surface area contributed by atoms with E-state index in [0.717, 1.165) is 6.42 Å². The molecule has 0 amide bonds. The summed E-state index contributed by atoms with van der Waals surface area (Å²) in [5.74, 6) is 1.83. The van der Waals surface area contributed by atoms with Crippen LogP contribution in [0.3, 0.4) is 0 Å². The molecule has 0 N–H and O–H groups in total. The molecule has 0 heterocycles. The monoisotopic (exact) mass is 218 g/mol. The molecular formula is C10H19O3P. The highest BCUT2D eigenvalue weighted by Crippen LogP contribution is 2.15. The maximum Gasteiger partial charge on any atom is 0.313 e. The van der Waals surface area contributed by atoms with Crippen LogP contribution in [0.4, 0.5) is 0 Å². The normalized spacial score (nSPS) is 11.9. The number of carbonyl (C=O) groups excluding carboxylic acids is 1. The molecule has 0 bridgehead atoms. The lowest BCUT2D eigenvalue weighted by atomic mass is 10.2. The van der Waals surface area contributed by atoms with Crippen molar-refractivity contribution in [2.45, 2.75) is 33.6 Å². The summed E-state index contributed by atoms with van der Waals surface area (Å²) in [5.41, 5.74) is 0. The minimum absolute atomic E-state index is 0.168. The predicted octanol–water partition coefficient (Wildman–Crippen LogP) is 1.55. The first-order valence-electron chi connectivity index (χ1n) is 4.99. The molecule has 4 heteroatoms. The summed E-state index contributed by atoms with van der Waals surface area (Å²) in [5, 5.41) is 0. The fourth-order valence-corrected chi connectivity index (χ4v) is 2.18. The van der Waals surface area contributed by atoms with Crippen molar-refractivity contribution in [2.24, 2.45) is 5.92 Å². The molecule has 0 aromatic heterocycles. The third-order valence-corrected chi connectivity index (χ3v) is 2.98. The fourth-order valence-electron chi connectivity index (χ4n) is 0.873. The molecule has 0 saturated carbocycles. The first-order valence-corrected chi connectivity index (χ1v) is 6.50. The molecule has 0 aliphatic rings. The molecule has 0 rings (SSSR count). The van der Waals surface area contributed by atoms with E-state index in [9.17, 15) is 9.69 Å². The summed E-state index contributed by atoms with van der Waals surface area (Å²) in [6, 6.07) is 0. The van der Waals surface area contributed by atoms with Gasteiger partial charge in [-0.05, 0) is 19.3 Å². The van der Waals surface area contributed by atoms with Gasteiger partial charge in [0.1, 0.15) is 12.6 Å². The van der Waals surface area contributed by atoms with Gasteiger partial charge in [0.25, 0.3) is 0 Å². The molecule has 0 aromatic carbocycles. The zero-order valence-electron chi connectivity index (χ0n) is 9.16. The van der Waals surface area contributed by atoms with E-state index in [1.165, 1.54) is 0 Å². The second kappa shape index (κ2) is 7.95. The third kappa shape index (κ3) is 8.21. The number of esters is 1. The van der Waals surface area contributed by atoms with Gasteiger partial charge in [-0.15, -0.1) is 0 Å². The van der Waals surface area contributed by atoms with Crippen molar-refractivity contribution in [3.63, 3.8) is 0 Å². The summed E-state index contributed by atoms with van der Waals surface area (Å²) >= 11 is 0. The first-order chi connectivity index (χ1) is 6.56. The van der Waals surface area contributed by atoms with Crippen LogP contribution in [0.15, 0.2) is 0 Å². The third-order valence-electron chi connectivity index (χ3n) is 1.69. The van der Waals surface area contributed by atoms with Crippen molar-refractivity contribution in [3.8, 4) is 0 Å². The van der Waals surface area contributed by atoms with Gasteiger partial charge < -0.3 is 9.63 Å². The maximum atomic E-state index is 11.3. The van der Waals surface area contributed by atoms with Crippen molar-refractivity contribution in [2.75, 3.05) is 12.8 Å². The summed E-state index contributed by atoms with van der Waals surface area (Å²) < 4.78 is 4.72. The van der Waals surface area contributed by atoms with Crippen LogP contribution in [-0.2, 0) is 9.53 Å². The van der Waals surface area contributed by atoms with Gasteiger partial charge in [0.05, 0.1) is 12.4 Å². The van der Waals surface area contributed by atoms with E-state index < -0.39 is 7.77 Å². The highest BCUT2D eigenvalue weighted by molar-refractivity contribution is 7.50. The van der Waals surface area contributed by atoms with Gasteiger partial charge in [-0.3, -0.25) is 4.79 Å². The first kappa shape index (κ1) is 13.6. The molecule has 0 aliphatic heterocycles. The molecule has 0 spiro atoms. The van der Waals surface area contributed by atoms with Crippen LogP contribution in [0.5, 0.6) is 0 Å². The molecule has 1 unspecified atom stereocenters. The highest BCUT2D eigenvalue weighted by Gasteiger charge is 2.04. The Morgan fingerprint density at radius 2 is 2.21 bits per heavy atom. The van der Waals surface area contributed by atoms with E-state index in [1.807, 2.05) is 0 Å². The number of hydrogen-bond donors (Lipinski definition) is 0. The smallest absolute Gasteiger partial charge is 0.313 e. The Kier molecular flexibility index (Phi) is 7.73. The van der Waals surface area contributed by atoms with Gasteiger partial charge in [0, 0.05) is 7.77 Å². The average Bonchev–Trinajstić information content (AvgIpc) is 2.12. The van der Waals surface area contributed by atoms with Crippen LogP contribution in [0.2, 0.25) is 0 Å². The van der Waals surface area contributed by atoms with Crippen LogP contribution in [0.1, 0.15) is 33.6 Å². The van der Waals surface area contributed by atoms with E-state index in [0.29, 0.717) is 18.7 Å². The molecule has 0 aromatic rings. The van der Waals surface area contributed by atoms with Gasteiger partial charge >= 0.3 is 5.97 Å². The number of hydrogen-bond acceptors (Lipinski definition) is 3. The van der Waals surface area contributed by atoms with Crippen LogP contribution in [0.25, 0.3) is 0 Å². The Hall–Kier alpha value is -0.400. The van der Waals surface area contributed by atoms with Gasteiger partial charge in [0.15, 0.2) is 0 Å². The Morgan fingerprint density at radius 1 is 1.57 bits per heavy atom.